The summed E-state index contributed by atoms with van der Waals surface area (Å²) in [6, 6.07) is -0.458. The summed E-state index contributed by atoms with van der Waals surface area (Å²) in [6.45, 7) is 1.57. The van der Waals surface area contributed by atoms with Gasteiger partial charge in [-0.05, 0) is 6.92 Å². The molecule has 2 rings (SSSR count). The largest absolute Gasteiger partial charge is 0.481 e. The number of aryl methyl sites for hydroxylation is 1. The summed E-state index contributed by atoms with van der Waals surface area (Å²) in [6.07, 6.45) is 0.212. The molecule has 4 N–H and O–H groups in total. The summed E-state index contributed by atoms with van der Waals surface area (Å²) in [5, 5.41) is 8.73. The Morgan fingerprint density at radius 2 is 2.32 bits per heavy atom. The molecule has 0 spiro atoms. The lowest BCUT2D eigenvalue weighted by atomic mass is 10.1. The lowest BCUT2D eigenvalue weighted by Crippen LogP contribution is -2.33. The van der Waals surface area contributed by atoms with Crippen LogP contribution in [-0.4, -0.2) is 32.8 Å². The third kappa shape index (κ3) is 2.74. The molecule has 0 saturated carbocycles. The van der Waals surface area contributed by atoms with Crippen molar-refractivity contribution >= 4 is 5.97 Å². The van der Waals surface area contributed by atoms with Crippen molar-refractivity contribution in [2.75, 3.05) is 0 Å². The summed E-state index contributed by atoms with van der Waals surface area (Å²) < 4.78 is 6.72. The first-order valence-corrected chi connectivity index (χ1v) is 5.83. The number of nitrogens with one attached hydrogen (secondary N) is 1. The van der Waals surface area contributed by atoms with Gasteiger partial charge in [0.25, 0.3) is 5.56 Å². The summed E-state index contributed by atoms with van der Waals surface area (Å²) in [5.74, 6) is -1.01. The van der Waals surface area contributed by atoms with Gasteiger partial charge in [-0.1, -0.05) is 0 Å². The molecule has 1 aromatic rings. The maximum absolute atomic E-state index is 11.7. The SMILES string of the molecule is Cc1cn([C@H]2C[C@H](N)[C@@H](CC(=O)O)O2)c(=O)[nH]c1=O. The van der Waals surface area contributed by atoms with Gasteiger partial charge in [0, 0.05) is 24.2 Å². The predicted octanol–water partition coefficient (Wildman–Crippen LogP) is -1.07. The fourth-order valence-corrected chi connectivity index (χ4v) is 2.09. The molecule has 1 saturated heterocycles. The van der Waals surface area contributed by atoms with E-state index >= 15 is 0 Å². The Morgan fingerprint density at radius 3 is 2.95 bits per heavy atom. The van der Waals surface area contributed by atoms with Gasteiger partial charge in [0.15, 0.2) is 0 Å². The molecule has 3 atom stereocenters. The van der Waals surface area contributed by atoms with E-state index in [1.54, 1.807) is 6.92 Å². The maximum atomic E-state index is 11.7. The predicted molar refractivity (Wildman–Crippen MR) is 64.8 cm³/mol. The van der Waals surface area contributed by atoms with Crippen LogP contribution in [0.1, 0.15) is 24.6 Å². The van der Waals surface area contributed by atoms with Crippen molar-refractivity contribution in [3.05, 3.63) is 32.6 Å². The third-order valence-electron chi connectivity index (χ3n) is 3.12. The van der Waals surface area contributed by atoms with Crippen molar-refractivity contribution in [3.63, 3.8) is 0 Å². The minimum absolute atomic E-state index is 0.214. The summed E-state index contributed by atoms with van der Waals surface area (Å²) in [7, 11) is 0. The molecular formula is C11H15N3O5. The molecule has 2 heterocycles. The van der Waals surface area contributed by atoms with Gasteiger partial charge in [-0.15, -0.1) is 0 Å². The number of ether oxygens (including phenoxy) is 1. The molecule has 0 aliphatic carbocycles. The molecule has 8 heteroatoms. The van der Waals surface area contributed by atoms with Crippen molar-refractivity contribution in [2.24, 2.45) is 5.73 Å². The highest BCUT2D eigenvalue weighted by atomic mass is 16.5. The standard InChI is InChI=1S/C11H15N3O5/c1-5-4-14(11(18)13-10(5)17)8-2-6(12)7(19-8)3-9(15)16/h4,6-8H,2-3,12H2,1H3,(H,15,16)(H,13,17,18)/t6-,7+,8+/m0/s1. The molecule has 0 amide bonds. The highest BCUT2D eigenvalue weighted by Crippen LogP contribution is 2.28. The molecule has 0 aromatic carbocycles. The van der Waals surface area contributed by atoms with E-state index in [2.05, 4.69) is 4.98 Å². The molecule has 19 heavy (non-hydrogen) atoms. The number of hydrogen-bond donors (Lipinski definition) is 3. The number of carboxylic acids is 1. The van der Waals surface area contributed by atoms with Gasteiger partial charge in [-0.2, -0.15) is 0 Å². The molecule has 0 bridgehead atoms. The van der Waals surface area contributed by atoms with Crippen LogP contribution < -0.4 is 17.0 Å². The second kappa shape index (κ2) is 4.98. The van der Waals surface area contributed by atoms with Crippen LogP contribution in [0.4, 0.5) is 0 Å². The fraction of sp³-hybridized carbons (Fsp3) is 0.545. The van der Waals surface area contributed by atoms with Gasteiger partial charge in [0.1, 0.15) is 6.23 Å². The zero-order valence-corrected chi connectivity index (χ0v) is 10.3. The van der Waals surface area contributed by atoms with Gasteiger partial charge in [0.2, 0.25) is 0 Å². The molecule has 1 aliphatic rings. The highest BCUT2D eigenvalue weighted by Gasteiger charge is 2.35. The average Bonchev–Trinajstić information content (AvgIpc) is 2.64. The zero-order chi connectivity index (χ0) is 14.2. The average molecular weight is 269 g/mol. The quantitative estimate of drug-likeness (QED) is 0.641. The monoisotopic (exact) mass is 269 g/mol. The first kappa shape index (κ1) is 13.5. The smallest absolute Gasteiger partial charge is 0.330 e. The highest BCUT2D eigenvalue weighted by molar-refractivity contribution is 5.67. The van der Waals surface area contributed by atoms with Crippen LogP contribution in [0.2, 0.25) is 0 Å². The summed E-state index contributed by atoms with van der Waals surface area (Å²) in [4.78, 5) is 35.8. The van der Waals surface area contributed by atoms with Gasteiger partial charge < -0.3 is 15.6 Å². The zero-order valence-electron chi connectivity index (χ0n) is 10.3. The Bertz CT molecular complexity index is 605. The van der Waals surface area contributed by atoms with Crippen LogP contribution in [0.5, 0.6) is 0 Å². The Morgan fingerprint density at radius 1 is 1.63 bits per heavy atom. The maximum Gasteiger partial charge on any atom is 0.330 e. The number of aromatic amines is 1. The van der Waals surface area contributed by atoms with Crippen molar-refractivity contribution in [1.82, 2.24) is 9.55 Å². The number of nitrogens with zero attached hydrogens (tertiary/aromatic N) is 1. The van der Waals surface area contributed by atoms with Gasteiger partial charge in [-0.25, -0.2) is 4.79 Å². The third-order valence-corrected chi connectivity index (χ3v) is 3.12. The van der Waals surface area contributed by atoms with Crippen LogP contribution in [0.3, 0.4) is 0 Å². The normalized spacial score (nSPS) is 26.5. The Kier molecular flexibility index (Phi) is 3.54. The molecule has 0 radical (unpaired) electrons. The topological polar surface area (TPSA) is 127 Å². The number of carbonyl (C=O) groups is 1. The lowest BCUT2D eigenvalue weighted by molar-refractivity contribution is -0.140. The number of nitrogens with two attached hydrogens (primary N) is 1. The van der Waals surface area contributed by atoms with Crippen LogP contribution in [-0.2, 0) is 9.53 Å². The Hall–Kier alpha value is -1.93. The molecule has 104 valence electrons. The number of aromatic nitrogens is 2. The van der Waals surface area contributed by atoms with E-state index in [0.29, 0.717) is 12.0 Å². The minimum atomic E-state index is -1.01. The van der Waals surface area contributed by atoms with Crippen molar-refractivity contribution in [3.8, 4) is 0 Å². The van der Waals surface area contributed by atoms with E-state index in [9.17, 15) is 14.4 Å². The summed E-state index contributed by atoms with van der Waals surface area (Å²) in [5.41, 5.74) is 5.12. The van der Waals surface area contributed by atoms with Crippen molar-refractivity contribution < 1.29 is 14.6 Å². The number of carboxylic acid groups (broad SMARTS) is 1. The van der Waals surface area contributed by atoms with Gasteiger partial charge in [-0.3, -0.25) is 19.1 Å². The van der Waals surface area contributed by atoms with E-state index in [1.807, 2.05) is 0 Å². The number of aliphatic carboxylic acids is 1. The van der Waals surface area contributed by atoms with Crippen LogP contribution in [0, 0.1) is 6.92 Å². The second-order valence-corrected chi connectivity index (χ2v) is 4.61. The van der Waals surface area contributed by atoms with E-state index in [0.717, 1.165) is 0 Å². The molecule has 0 unspecified atom stereocenters. The van der Waals surface area contributed by atoms with Crippen molar-refractivity contribution in [1.29, 1.82) is 0 Å². The number of hydrogen-bond acceptors (Lipinski definition) is 5. The van der Waals surface area contributed by atoms with Crippen LogP contribution in [0.25, 0.3) is 0 Å². The molecule has 1 aliphatic heterocycles. The number of H-pyrrole nitrogens is 1. The fourth-order valence-electron chi connectivity index (χ4n) is 2.09. The van der Waals surface area contributed by atoms with Crippen molar-refractivity contribution in [2.45, 2.75) is 38.1 Å². The molecule has 8 nitrogen and oxygen atoms in total. The first-order chi connectivity index (χ1) is 8.88. The molecular weight excluding hydrogens is 254 g/mol. The molecule has 1 fully saturated rings. The van der Waals surface area contributed by atoms with E-state index in [4.69, 9.17) is 15.6 Å². The first-order valence-electron chi connectivity index (χ1n) is 5.83. The van der Waals surface area contributed by atoms with Gasteiger partial charge in [0.05, 0.1) is 12.5 Å². The van der Waals surface area contributed by atoms with Gasteiger partial charge >= 0.3 is 11.7 Å². The minimum Gasteiger partial charge on any atom is -0.481 e. The van der Waals surface area contributed by atoms with E-state index in [1.165, 1.54) is 10.8 Å². The van der Waals surface area contributed by atoms with E-state index < -0.39 is 35.6 Å². The van der Waals surface area contributed by atoms with Crippen LogP contribution >= 0.6 is 0 Å². The Labute approximate surface area is 107 Å². The van der Waals surface area contributed by atoms with Crippen LogP contribution in [0.15, 0.2) is 15.8 Å². The molecule has 1 aromatic heterocycles. The Balaban J connectivity index is 2.25. The lowest BCUT2D eigenvalue weighted by Gasteiger charge is -2.15. The second-order valence-electron chi connectivity index (χ2n) is 4.61. The summed E-state index contributed by atoms with van der Waals surface area (Å²) >= 11 is 0. The number of rotatable bonds is 3. The van der Waals surface area contributed by atoms with E-state index in [-0.39, 0.29) is 6.42 Å².